The molecular formula is C9H20N4O. The predicted molar refractivity (Wildman–Crippen MR) is 56.9 cm³/mol. The van der Waals surface area contributed by atoms with Crippen LogP contribution in [0.5, 0.6) is 0 Å². The van der Waals surface area contributed by atoms with Crippen LogP contribution in [-0.2, 0) is 4.74 Å². The summed E-state index contributed by atoms with van der Waals surface area (Å²) in [6.07, 6.45) is 3.42. The number of guanidine groups is 1. The quantitative estimate of drug-likeness (QED) is 0.214. The molecule has 0 aromatic rings. The zero-order valence-corrected chi connectivity index (χ0v) is 8.99. The van der Waals surface area contributed by atoms with Crippen LogP contribution in [0, 0.1) is 0 Å². The number of nitrogens with one attached hydrogen (secondary N) is 1. The molecule has 0 bridgehead atoms. The first-order chi connectivity index (χ1) is 6.79. The van der Waals surface area contributed by atoms with Gasteiger partial charge in [-0.05, 0) is 19.3 Å². The van der Waals surface area contributed by atoms with Gasteiger partial charge in [0.05, 0.1) is 0 Å². The van der Waals surface area contributed by atoms with Crippen molar-refractivity contribution in [1.82, 2.24) is 10.3 Å². The molecule has 0 aromatic heterocycles. The largest absolute Gasteiger partial charge is 0.385 e. The van der Waals surface area contributed by atoms with Crippen molar-refractivity contribution in [3.8, 4) is 0 Å². The zero-order chi connectivity index (χ0) is 10.4. The Labute approximate surface area is 85.3 Å². The Hall–Kier alpha value is -0.810. The highest BCUT2D eigenvalue weighted by Gasteiger charge is 2.27. The molecule has 0 radical (unpaired) electrons. The van der Waals surface area contributed by atoms with Crippen LogP contribution in [0.3, 0.4) is 0 Å². The van der Waals surface area contributed by atoms with Gasteiger partial charge in [0.2, 0.25) is 5.96 Å². The molecular weight excluding hydrogens is 180 g/mol. The van der Waals surface area contributed by atoms with Gasteiger partial charge in [0.25, 0.3) is 0 Å². The van der Waals surface area contributed by atoms with E-state index in [0.29, 0.717) is 6.04 Å². The van der Waals surface area contributed by atoms with Crippen molar-refractivity contribution >= 4 is 5.96 Å². The SMILES string of the molecule is COCCCN=C(NN)N(C)C1CC1. The first kappa shape index (κ1) is 11.3. The van der Waals surface area contributed by atoms with E-state index in [-0.39, 0.29) is 0 Å². The van der Waals surface area contributed by atoms with E-state index in [1.165, 1.54) is 12.8 Å². The van der Waals surface area contributed by atoms with Crippen LogP contribution in [0.25, 0.3) is 0 Å². The minimum Gasteiger partial charge on any atom is -0.385 e. The molecule has 1 fully saturated rings. The molecule has 82 valence electrons. The van der Waals surface area contributed by atoms with Crippen molar-refractivity contribution in [2.45, 2.75) is 25.3 Å². The lowest BCUT2D eigenvalue weighted by Crippen LogP contribution is -2.44. The molecule has 0 aromatic carbocycles. The molecule has 0 saturated heterocycles. The zero-order valence-electron chi connectivity index (χ0n) is 8.99. The van der Waals surface area contributed by atoms with Crippen LogP contribution < -0.4 is 11.3 Å². The van der Waals surface area contributed by atoms with E-state index in [9.17, 15) is 0 Å². The van der Waals surface area contributed by atoms with E-state index < -0.39 is 0 Å². The summed E-state index contributed by atoms with van der Waals surface area (Å²) in [5.41, 5.74) is 2.64. The second-order valence-electron chi connectivity index (χ2n) is 3.54. The summed E-state index contributed by atoms with van der Waals surface area (Å²) in [6, 6.07) is 0.632. The van der Waals surface area contributed by atoms with Crippen molar-refractivity contribution in [2.24, 2.45) is 10.8 Å². The van der Waals surface area contributed by atoms with Gasteiger partial charge < -0.3 is 9.64 Å². The summed E-state index contributed by atoms with van der Waals surface area (Å²) in [5, 5.41) is 0. The summed E-state index contributed by atoms with van der Waals surface area (Å²) in [6.45, 7) is 1.50. The van der Waals surface area contributed by atoms with Gasteiger partial charge in [0, 0.05) is 33.4 Å². The Morgan fingerprint density at radius 2 is 2.36 bits per heavy atom. The van der Waals surface area contributed by atoms with Crippen LogP contribution >= 0.6 is 0 Å². The third kappa shape index (κ3) is 3.51. The lowest BCUT2D eigenvalue weighted by atomic mass is 10.4. The molecule has 1 rings (SSSR count). The summed E-state index contributed by atoms with van der Waals surface area (Å²) < 4.78 is 4.94. The average molecular weight is 200 g/mol. The van der Waals surface area contributed by atoms with Crippen molar-refractivity contribution in [3.05, 3.63) is 0 Å². The van der Waals surface area contributed by atoms with Crippen LogP contribution in [0.15, 0.2) is 4.99 Å². The van der Waals surface area contributed by atoms with Crippen LogP contribution in [0.4, 0.5) is 0 Å². The molecule has 0 aliphatic heterocycles. The highest BCUT2D eigenvalue weighted by molar-refractivity contribution is 5.79. The molecule has 1 aliphatic carbocycles. The smallest absolute Gasteiger partial charge is 0.208 e. The van der Waals surface area contributed by atoms with Crippen molar-refractivity contribution < 1.29 is 4.74 Å². The number of aliphatic imine (C=N–C) groups is 1. The summed E-state index contributed by atoms with van der Waals surface area (Å²) in [7, 11) is 3.72. The third-order valence-electron chi connectivity index (χ3n) is 2.33. The molecule has 0 heterocycles. The second-order valence-corrected chi connectivity index (χ2v) is 3.54. The molecule has 0 unspecified atom stereocenters. The molecule has 14 heavy (non-hydrogen) atoms. The van der Waals surface area contributed by atoms with E-state index in [1.807, 2.05) is 7.05 Å². The number of rotatable bonds is 5. The van der Waals surface area contributed by atoms with Crippen molar-refractivity contribution in [3.63, 3.8) is 0 Å². The molecule has 3 N–H and O–H groups in total. The van der Waals surface area contributed by atoms with Gasteiger partial charge in [-0.1, -0.05) is 0 Å². The van der Waals surface area contributed by atoms with E-state index in [0.717, 1.165) is 25.5 Å². The Kier molecular flexibility index (Phi) is 4.69. The van der Waals surface area contributed by atoms with Gasteiger partial charge in [-0.25, -0.2) is 5.84 Å². The lowest BCUT2D eigenvalue weighted by Gasteiger charge is -2.19. The Bertz CT molecular complexity index is 191. The molecule has 1 saturated carbocycles. The molecule has 0 atom stereocenters. The molecule has 5 nitrogen and oxygen atoms in total. The van der Waals surface area contributed by atoms with E-state index in [1.54, 1.807) is 7.11 Å². The van der Waals surface area contributed by atoms with Gasteiger partial charge in [0.1, 0.15) is 0 Å². The van der Waals surface area contributed by atoms with Crippen molar-refractivity contribution in [1.29, 1.82) is 0 Å². The van der Waals surface area contributed by atoms with Gasteiger partial charge in [0.15, 0.2) is 0 Å². The fourth-order valence-corrected chi connectivity index (χ4v) is 1.29. The number of methoxy groups -OCH3 is 1. The van der Waals surface area contributed by atoms with Gasteiger partial charge in [-0.2, -0.15) is 0 Å². The van der Waals surface area contributed by atoms with E-state index >= 15 is 0 Å². The fraction of sp³-hybridized carbons (Fsp3) is 0.889. The van der Waals surface area contributed by atoms with E-state index in [4.69, 9.17) is 10.6 Å². The molecule has 1 aliphatic rings. The fourth-order valence-electron chi connectivity index (χ4n) is 1.29. The average Bonchev–Trinajstić information content (AvgIpc) is 3.00. The highest BCUT2D eigenvalue weighted by Crippen LogP contribution is 2.25. The number of hydrogen-bond donors (Lipinski definition) is 2. The third-order valence-corrected chi connectivity index (χ3v) is 2.33. The second kappa shape index (κ2) is 5.82. The summed E-state index contributed by atoms with van der Waals surface area (Å²) in [5.74, 6) is 6.18. The maximum Gasteiger partial charge on any atom is 0.208 e. The number of hydrogen-bond acceptors (Lipinski definition) is 3. The molecule has 0 spiro atoms. The Morgan fingerprint density at radius 1 is 1.64 bits per heavy atom. The van der Waals surface area contributed by atoms with Crippen LogP contribution in [0.1, 0.15) is 19.3 Å². The first-order valence-electron chi connectivity index (χ1n) is 5.02. The standard InChI is InChI=1S/C9H20N4O/c1-13(8-4-5-8)9(12-10)11-6-3-7-14-2/h8H,3-7,10H2,1-2H3,(H,11,12). The predicted octanol–water partition coefficient (Wildman–Crippen LogP) is -0.0636. The summed E-state index contributed by atoms with van der Waals surface area (Å²) in [4.78, 5) is 6.47. The number of nitrogens with two attached hydrogens (primary N) is 1. The number of ether oxygens (including phenoxy) is 1. The van der Waals surface area contributed by atoms with Gasteiger partial charge in [-0.3, -0.25) is 10.4 Å². The minimum atomic E-state index is 0.632. The van der Waals surface area contributed by atoms with Gasteiger partial charge >= 0.3 is 0 Å². The maximum absolute atomic E-state index is 5.40. The molecule has 0 amide bonds. The topological polar surface area (TPSA) is 62.9 Å². The van der Waals surface area contributed by atoms with Crippen LogP contribution in [0.2, 0.25) is 0 Å². The molecule has 5 heteroatoms. The maximum atomic E-state index is 5.40. The normalized spacial score (nSPS) is 16.9. The van der Waals surface area contributed by atoms with Crippen LogP contribution in [-0.4, -0.2) is 44.2 Å². The minimum absolute atomic E-state index is 0.632. The van der Waals surface area contributed by atoms with E-state index in [2.05, 4.69) is 15.3 Å². The highest BCUT2D eigenvalue weighted by atomic mass is 16.5. The Balaban J connectivity index is 2.27. The number of hydrazine groups is 1. The monoisotopic (exact) mass is 200 g/mol. The number of nitrogens with zero attached hydrogens (tertiary/aromatic N) is 2. The lowest BCUT2D eigenvalue weighted by molar-refractivity contribution is 0.197. The van der Waals surface area contributed by atoms with Crippen molar-refractivity contribution in [2.75, 3.05) is 27.3 Å². The summed E-state index contributed by atoms with van der Waals surface area (Å²) >= 11 is 0. The Morgan fingerprint density at radius 3 is 2.86 bits per heavy atom. The van der Waals surface area contributed by atoms with Gasteiger partial charge in [-0.15, -0.1) is 0 Å². The first-order valence-corrected chi connectivity index (χ1v) is 5.02.